The molecule has 150 valence electrons. The number of aromatic nitrogens is 4. The largest absolute Gasteiger partial charge is 0.358 e. The summed E-state index contributed by atoms with van der Waals surface area (Å²) in [5.41, 5.74) is 1.77. The minimum Gasteiger partial charge on any atom is -0.358 e. The van der Waals surface area contributed by atoms with Crippen LogP contribution in [-0.4, -0.2) is 63.1 Å². The van der Waals surface area contributed by atoms with Crippen LogP contribution in [0.3, 0.4) is 0 Å². The lowest BCUT2D eigenvalue weighted by atomic mass is 10.1. The maximum atomic E-state index is 12.6. The number of nitrogens with zero attached hydrogens (tertiary/aromatic N) is 6. The molecule has 0 radical (unpaired) electrons. The lowest BCUT2D eigenvalue weighted by Gasteiger charge is -2.23. The molecule has 3 rings (SSSR count). The van der Waals surface area contributed by atoms with E-state index < -0.39 is 4.92 Å². The standard InChI is InChI=1S/C19H21N7O3/c1-13-16(26(28)29)8-9-17(22-13)24(2)10-11-25(3)19(27)15-6-4-14(5-7-15)18-20-12-21-23-18/h4-9,12H,10-11H2,1-3H3,(H,20,21,23). The first-order valence-corrected chi connectivity index (χ1v) is 8.91. The van der Waals surface area contributed by atoms with Gasteiger partial charge < -0.3 is 9.80 Å². The van der Waals surface area contributed by atoms with Crippen LogP contribution in [0.1, 0.15) is 16.1 Å². The molecule has 2 heterocycles. The van der Waals surface area contributed by atoms with Crippen molar-refractivity contribution in [1.82, 2.24) is 25.1 Å². The zero-order valence-electron chi connectivity index (χ0n) is 16.4. The van der Waals surface area contributed by atoms with Crippen LogP contribution in [0.15, 0.2) is 42.7 Å². The summed E-state index contributed by atoms with van der Waals surface area (Å²) in [5.74, 6) is 1.16. The van der Waals surface area contributed by atoms with Crippen molar-refractivity contribution in [3.05, 3.63) is 64.1 Å². The number of rotatable bonds is 7. The Labute approximate surface area is 167 Å². The second-order valence-corrected chi connectivity index (χ2v) is 6.59. The molecule has 0 saturated carbocycles. The highest BCUT2D eigenvalue weighted by molar-refractivity contribution is 5.94. The fourth-order valence-electron chi connectivity index (χ4n) is 2.80. The van der Waals surface area contributed by atoms with Crippen LogP contribution in [0.5, 0.6) is 0 Å². The molecule has 0 unspecified atom stereocenters. The summed E-state index contributed by atoms with van der Waals surface area (Å²) in [4.78, 5) is 34.9. The average Bonchev–Trinajstić information content (AvgIpc) is 3.25. The van der Waals surface area contributed by atoms with Gasteiger partial charge in [-0.3, -0.25) is 20.0 Å². The molecule has 2 aromatic heterocycles. The molecule has 10 nitrogen and oxygen atoms in total. The number of anilines is 1. The Morgan fingerprint density at radius 3 is 2.45 bits per heavy atom. The van der Waals surface area contributed by atoms with E-state index in [1.54, 1.807) is 37.1 Å². The molecule has 1 N–H and O–H groups in total. The van der Waals surface area contributed by atoms with Crippen LogP contribution in [0.2, 0.25) is 0 Å². The molecule has 0 saturated heterocycles. The van der Waals surface area contributed by atoms with Gasteiger partial charge in [-0.25, -0.2) is 9.97 Å². The van der Waals surface area contributed by atoms with E-state index in [-0.39, 0.29) is 11.6 Å². The van der Waals surface area contributed by atoms with Crippen LogP contribution in [0.4, 0.5) is 11.5 Å². The third kappa shape index (κ3) is 4.54. The van der Waals surface area contributed by atoms with Crippen LogP contribution >= 0.6 is 0 Å². The molecule has 29 heavy (non-hydrogen) atoms. The fraction of sp³-hybridized carbons (Fsp3) is 0.263. The van der Waals surface area contributed by atoms with E-state index in [1.165, 1.54) is 12.4 Å². The van der Waals surface area contributed by atoms with Crippen molar-refractivity contribution in [2.24, 2.45) is 0 Å². The van der Waals surface area contributed by atoms with Crippen molar-refractivity contribution in [1.29, 1.82) is 0 Å². The van der Waals surface area contributed by atoms with Crippen molar-refractivity contribution in [2.45, 2.75) is 6.92 Å². The number of carbonyl (C=O) groups excluding carboxylic acids is 1. The van der Waals surface area contributed by atoms with E-state index in [0.717, 1.165) is 5.56 Å². The number of carbonyl (C=O) groups is 1. The van der Waals surface area contributed by atoms with Crippen molar-refractivity contribution in [3.63, 3.8) is 0 Å². The Morgan fingerprint density at radius 1 is 1.14 bits per heavy atom. The quantitative estimate of drug-likeness (QED) is 0.481. The van der Waals surface area contributed by atoms with Gasteiger partial charge in [0.1, 0.15) is 17.8 Å². The van der Waals surface area contributed by atoms with Gasteiger partial charge in [-0.05, 0) is 25.1 Å². The minimum absolute atomic E-state index is 0.0109. The monoisotopic (exact) mass is 395 g/mol. The summed E-state index contributed by atoms with van der Waals surface area (Å²) in [7, 11) is 3.56. The predicted molar refractivity (Wildman–Crippen MR) is 108 cm³/mol. The molecule has 0 aliphatic rings. The molecule has 0 atom stereocenters. The number of aromatic amines is 1. The first-order chi connectivity index (χ1) is 13.9. The molecule has 0 aliphatic heterocycles. The Bertz CT molecular complexity index is 1000. The summed E-state index contributed by atoms with van der Waals surface area (Å²) in [6, 6.07) is 10.2. The maximum Gasteiger partial charge on any atom is 0.290 e. The van der Waals surface area contributed by atoms with Gasteiger partial charge in [0.05, 0.1) is 4.92 Å². The summed E-state index contributed by atoms with van der Waals surface area (Å²) in [6.07, 6.45) is 1.43. The van der Waals surface area contributed by atoms with Crippen LogP contribution in [0.25, 0.3) is 11.4 Å². The van der Waals surface area contributed by atoms with Gasteiger partial charge in [0.15, 0.2) is 5.82 Å². The zero-order valence-corrected chi connectivity index (χ0v) is 16.4. The number of amides is 1. The Morgan fingerprint density at radius 2 is 1.86 bits per heavy atom. The van der Waals surface area contributed by atoms with Gasteiger partial charge in [-0.2, -0.15) is 5.10 Å². The average molecular weight is 395 g/mol. The molecule has 10 heteroatoms. The summed E-state index contributed by atoms with van der Waals surface area (Å²) >= 11 is 0. The van der Waals surface area contributed by atoms with Crippen LogP contribution in [0, 0.1) is 17.0 Å². The van der Waals surface area contributed by atoms with Gasteiger partial charge >= 0.3 is 0 Å². The topological polar surface area (TPSA) is 121 Å². The first kappa shape index (κ1) is 19.9. The van der Waals surface area contributed by atoms with Gasteiger partial charge in [-0.1, -0.05) is 12.1 Å². The number of aryl methyl sites for hydroxylation is 1. The lowest BCUT2D eigenvalue weighted by Crippen LogP contribution is -2.35. The fourth-order valence-corrected chi connectivity index (χ4v) is 2.80. The first-order valence-electron chi connectivity index (χ1n) is 8.91. The number of hydrogen-bond donors (Lipinski definition) is 1. The number of nitrogens with one attached hydrogen (secondary N) is 1. The van der Waals surface area contributed by atoms with Gasteiger partial charge in [0.25, 0.3) is 11.6 Å². The second kappa shape index (κ2) is 8.46. The second-order valence-electron chi connectivity index (χ2n) is 6.59. The van der Waals surface area contributed by atoms with Gasteiger partial charge in [-0.15, -0.1) is 0 Å². The Kier molecular flexibility index (Phi) is 5.82. The minimum atomic E-state index is -0.452. The lowest BCUT2D eigenvalue weighted by molar-refractivity contribution is -0.385. The van der Waals surface area contributed by atoms with Crippen LogP contribution < -0.4 is 4.90 Å². The molecule has 1 amide bonds. The molecule has 0 bridgehead atoms. The van der Waals surface area contributed by atoms with E-state index in [9.17, 15) is 14.9 Å². The molecule has 1 aromatic carbocycles. The SMILES string of the molecule is Cc1nc(N(C)CCN(C)C(=O)c2ccc(-c3ncn[nH]3)cc2)ccc1[N+](=O)[O-]. The molecule has 3 aromatic rings. The van der Waals surface area contributed by atoms with E-state index in [4.69, 9.17) is 0 Å². The summed E-state index contributed by atoms with van der Waals surface area (Å²) in [6.45, 7) is 2.60. The van der Waals surface area contributed by atoms with Gasteiger partial charge in [0.2, 0.25) is 0 Å². The van der Waals surface area contributed by atoms with E-state index in [0.29, 0.717) is 36.0 Å². The molecule has 0 spiro atoms. The van der Waals surface area contributed by atoms with Crippen molar-refractivity contribution < 1.29 is 9.72 Å². The highest BCUT2D eigenvalue weighted by atomic mass is 16.6. The number of nitro groups is 1. The highest BCUT2D eigenvalue weighted by Gasteiger charge is 2.16. The Hall–Kier alpha value is -3.82. The third-order valence-electron chi connectivity index (χ3n) is 4.57. The van der Waals surface area contributed by atoms with E-state index in [1.807, 2.05) is 24.1 Å². The van der Waals surface area contributed by atoms with E-state index >= 15 is 0 Å². The number of H-pyrrole nitrogens is 1. The molecular formula is C19H21N7O3. The summed E-state index contributed by atoms with van der Waals surface area (Å²) in [5, 5.41) is 17.5. The van der Waals surface area contributed by atoms with Crippen molar-refractivity contribution in [3.8, 4) is 11.4 Å². The Balaban J connectivity index is 1.59. The van der Waals surface area contributed by atoms with Crippen molar-refractivity contribution in [2.75, 3.05) is 32.1 Å². The normalized spacial score (nSPS) is 10.6. The van der Waals surface area contributed by atoms with Crippen molar-refractivity contribution >= 4 is 17.4 Å². The number of benzene rings is 1. The zero-order chi connectivity index (χ0) is 21.0. The number of likely N-dealkylation sites (N-methyl/N-ethyl adjacent to an activating group) is 2. The van der Waals surface area contributed by atoms with E-state index in [2.05, 4.69) is 20.2 Å². The third-order valence-corrected chi connectivity index (χ3v) is 4.57. The predicted octanol–water partition coefficient (Wildman–Crippen LogP) is 2.29. The number of pyridine rings is 1. The smallest absolute Gasteiger partial charge is 0.290 e. The molecular weight excluding hydrogens is 374 g/mol. The molecule has 0 aliphatic carbocycles. The maximum absolute atomic E-state index is 12.6. The van der Waals surface area contributed by atoms with Crippen LogP contribution in [-0.2, 0) is 0 Å². The molecule has 0 fully saturated rings. The summed E-state index contributed by atoms with van der Waals surface area (Å²) < 4.78 is 0. The highest BCUT2D eigenvalue weighted by Crippen LogP contribution is 2.20. The van der Waals surface area contributed by atoms with Gasteiger partial charge in [0, 0.05) is 44.4 Å². The number of hydrogen-bond acceptors (Lipinski definition) is 7.